The van der Waals surface area contributed by atoms with Crippen LogP contribution in [0.15, 0.2) is 28.8 Å². The van der Waals surface area contributed by atoms with Crippen LogP contribution in [-0.2, 0) is 9.53 Å². The number of amides is 3. The Hall–Kier alpha value is -2.87. The van der Waals surface area contributed by atoms with Crippen LogP contribution < -0.4 is 10.6 Å². The summed E-state index contributed by atoms with van der Waals surface area (Å²) in [5.74, 6) is -1.33. The standard InChI is InChI=1S/C18H20ClN3O5/c1-4-10(2)20-18(25)21-14(23)9-26-17(24)15-11(3)27-22-16(15)12-7-5-6-8-13(12)19/h5-8,10H,4,9H2,1-3H3,(H2,20,21,23,25)/t10-/m0/s1. The lowest BCUT2D eigenvalue weighted by Crippen LogP contribution is -2.44. The maximum Gasteiger partial charge on any atom is 0.344 e. The van der Waals surface area contributed by atoms with Crippen molar-refractivity contribution in [1.29, 1.82) is 0 Å². The second kappa shape index (κ2) is 9.18. The summed E-state index contributed by atoms with van der Waals surface area (Å²) in [6.07, 6.45) is 0.716. The fourth-order valence-electron chi connectivity index (χ4n) is 2.18. The van der Waals surface area contributed by atoms with Crippen LogP contribution in [-0.4, -0.2) is 35.7 Å². The van der Waals surface area contributed by atoms with Gasteiger partial charge in [0, 0.05) is 11.6 Å². The highest BCUT2D eigenvalue weighted by atomic mass is 35.5. The highest BCUT2D eigenvalue weighted by Gasteiger charge is 2.25. The van der Waals surface area contributed by atoms with E-state index in [0.717, 1.165) is 0 Å². The Labute approximate surface area is 161 Å². The van der Waals surface area contributed by atoms with E-state index in [0.29, 0.717) is 17.0 Å². The number of imide groups is 1. The minimum Gasteiger partial charge on any atom is -0.452 e. The lowest BCUT2D eigenvalue weighted by atomic mass is 10.1. The summed E-state index contributed by atoms with van der Waals surface area (Å²) in [6.45, 7) is 4.62. The Morgan fingerprint density at radius 1 is 1.30 bits per heavy atom. The maximum absolute atomic E-state index is 12.4. The topological polar surface area (TPSA) is 111 Å². The molecule has 0 unspecified atom stereocenters. The molecule has 27 heavy (non-hydrogen) atoms. The van der Waals surface area contributed by atoms with Gasteiger partial charge in [0.2, 0.25) is 0 Å². The van der Waals surface area contributed by atoms with E-state index in [9.17, 15) is 14.4 Å². The first-order valence-corrected chi connectivity index (χ1v) is 8.69. The van der Waals surface area contributed by atoms with E-state index in [4.69, 9.17) is 20.9 Å². The van der Waals surface area contributed by atoms with Gasteiger partial charge in [-0.05, 0) is 26.3 Å². The fourth-order valence-corrected chi connectivity index (χ4v) is 2.40. The quantitative estimate of drug-likeness (QED) is 0.729. The third-order valence-corrected chi connectivity index (χ3v) is 4.10. The molecule has 2 aromatic rings. The summed E-state index contributed by atoms with van der Waals surface area (Å²) in [4.78, 5) is 35.8. The van der Waals surface area contributed by atoms with Gasteiger partial charge in [0.05, 0.1) is 5.02 Å². The van der Waals surface area contributed by atoms with Crippen molar-refractivity contribution in [2.75, 3.05) is 6.61 Å². The molecule has 0 fully saturated rings. The molecule has 0 saturated heterocycles. The Morgan fingerprint density at radius 2 is 2.00 bits per heavy atom. The van der Waals surface area contributed by atoms with E-state index in [1.54, 1.807) is 38.1 Å². The van der Waals surface area contributed by atoms with Gasteiger partial charge in [-0.3, -0.25) is 10.1 Å². The minimum absolute atomic E-state index is 0.0694. The molecule has 2 rings (SSSR count). The number of rotatable bonds is 6. The Kier molecular flexibility index (Phi) is 6.95. The molecule has 0 saturated carbocycles. The number of aromatic nitrogens is 1. The van der Waals surface area contributed by atoms with Crippen molar-refractivity contribution >= 4 is 29.5 Å². The van der Waals surface area contributed by atoms with Crippen molar-refractivity contribution in [3.05, 3.63) is 40.6 Å². The molecule has 0 radical (unpaired) electrons. The monoisotopic (exact) mass is 393 g/mol. The Balaban J connectivity index is 2.03. The van der Waals surface area contributed by atoms with Crippen molar-refractivity contribution in [3.63, 3.8) is 0 Å². The van der Waals surface area contributed by atoms with E-state index in [-0.39, 0.29) is 23.1 Å². The van der Waals surface area contributed by atoms with Crippen LogP contribution in [0.3, 0.4) is 0 Å². The normalized spacial score (nSPS) is 11.6. The van der Waals surface area contributed by atoms with Gasteiger partial charge in [-0.2, -0.15) is 0 Å². The van der Waals surface area contributed by atoms with Gasteiger partial charge >= 0.3 is 12.0 Å². The second-order valence-corrected chi connectivity index (χ2v) is 6.26. The molecular formula is C18H20ClN3O5. The molecule has 8 nitrogen and oxygen atoms in total. The van der Waals surface area contributed by atoms with Gasteiger partial charge in [-0.25, -0.2) is 9.59 Å². The average molecular weight is 394 g/mol. The number of nitrogens with zero attached hydrogens (tertiary/aromatic N) is 1. The summed E-state index contributed by atoms with van der Waals surface area (Å²) < 4.78 is 10.1. The number of halogens is 1. The zero-order valence-corrected chi connectivity index (χ0v) is 15.9. The molecule has 0 bridgehead atoms. The molecule has 2 N–H and O–H groups in total. The van der Waals surface area contributed by atoms with Gasteiger partial charge in [0.25, 0.3) is 5.91 Å². The number of nitrogens with one attached hydrogen (secondary N) is 2. The highest BCUT2D eigenvalue weighted by molar-refractivity contribution is 6.33. The number of esters is 1. The van der Waals surface area contributed by atoms with E-state index >= 15 is 0 Å². The van der Waals surface area contributed by atoms with Crippen LogP contribution in [0.1, 0.15) is 36.4 Å². The van der Waals surface area contributed by atoms with Gasteiger partial charge in [-0.1, -0.05) is 41.9 Å². The molecule has 9 heteroatoms. The summed E-state index contributed by atoms with van der Waals surface area (Å²) in [7, 11) is 0. The summed E-state index contributed by atoms with van der Waals surface area (Å²) in [5, 5.41) is 8.91. The molecular weight excluding hydrogens is 374 g/mol. The summed E-state index contributed by atoms with van der Waals surface area (Å²) in [5.41, 5.74) is 0.790. The Morgan fingerprint density at radius 3 is 2.67 bits per heavy atom. The van der Waals surface area contributed by atoms with E-state index < -0.39 is 24.5 Å². The fraction of sp³-hybridized carbons (Fsp3) is 0.333. The second-order valence-electron chi connectivity index (χ2n) is 5.85. The van der Waals surface area contributed by atoms with Crippen molar-refractivity contribution in [2.45, 2.75) is 33.2 Å². The van der Waals surface area contributed by atoms with Crippen LogP contribution >= 0.6 is 11.6 Å². The zero-order valence-electron chi connectivity index (χ0n) is 15.2. The SMILES string of the molecule is CC[C@H](C)NC(=O)NC(=O)COC(=O)c1c(-c2ccccc2Cl)noc1C. The minimum atomic E-state index is -0.804. The number of carbonyl (C=O) groups is 3. The average Bonchev–Trinajstić information content (AvgIpc) is 3.01. The van der Waals surface area contributed by atoms with Gasteiger partial charge < -0.3 is 14.6 Å². The molecule has 0 aliphatic carbocycles. The van der Waals surface area contributed by atoms with Gasteiger partial charge in [-0.15, -0.1) is 0 Å². The first-order chi connectivity index (χ1) is 12.8. The number of benzene rings is 1. The third-order valence-electron chi connectivity index (χ3n) is 3.77. The lowest BCUT2D eigenvalue weighted by Gasteiger charge is -2.11. The van der Waals surface area contributed by atoms with Crippen molar-refractivity contribution < 1.29 is 23.6 Å². The molecule has 1 aromatic heterocycles. The first-order valence-electron chi connectivity index (χ1n) is 8.32. The predicted octanol–water partition coefficient (Wildman–Crippen LogP) is 3.08. The number of hydrogen-bond acceptors (Lipinski definition) is 6. The predicted molar refractivity (Wildman–Crippen MR) is 98.4 cm³/mol. The number of aryl methyl sites for hydroxylation is 1. The van der Waals surface area contributed by atoms with Crippen LogP contribution in [0, 0.1) is 6.92 Å². The highest BCUT2D eigenvalue weighted by Crippen LogP contribution is 2.31. The molecule has 1 heterocycles. The number of hydrogen-bond donors (Lipinski definition) is 2. The van der Waals surface area contributed by atoms with Crippen LogP contribution in [0.2, 0.25) is 5.02 Å². The zero-order chi connectivity index (χ0) is 20.0. The van der Waals surface area contributed by atoms with E-state index in [2.05, 4.69) is 15.8 Å². The molecule has 1 atom stereocenters. The molecule has 0 aliphatic rings. The van der Waals surface area contributed by atoms with Crippen molar-refractivity contribution in [2.24, 2.45) is 0 Å². The molecule has 0 spiro atoms. The molecule has 144 valence electrons. The number of ether oxygens (including phenoxy) is 1. The van der Waals surface area contributed by atoms with E-state index in [1.165, 1.54) is 0 Å². The lowest BCUT2D eigenvalue weighted by molar-refractivity contribution is -0.123. The number of carbonyl (C=O) groups excluding carboxylic acids is 3. The maximum atomic E-state index is 12.4. The molecule has 3 amide bonds. The smallest absolute Gasteiger partial charge is 0.344 e. The van der Waals surface area contributed by atoms with Crippen LogP contribution in [0.5, 0.6) is 0 Å². The summed E-state index contributed by atoms with van der Waals surface area (Å²) >= 11 is 6.14. The summed E-state index contributed by atoms with van der Waals surface area (Å²) in [6, 6.07) is 6.08. The molecule has 1 aromatic carbocycles. The van der Waals surface area contributed by atoms with Gasteiger partial charge in [0.15, 0.2) is 6.61 Å². The van der Waals surface area contributed by atoms with E-state index in [1.807, 2.05) is 6.92 Å². The number of urea groups is 1. The van der Waals surface area contributed by atoms with Crippen molar-refractivity contribution in [3.8, 4) is 11.3 Å². The van der Waals surface area contributed by atoms with Crippen molar-refractivity contribution in [1.82, 2.24) is 15.8 Å². The Bertz CT molecular complexity index is 849. The largest absolute Gasteiger partial charge is 0.452 e. The third kappa shape index (κ3) is 5.30. The molecule has 0 aliphatic heterocycles. The van der Waals surface area contributed by atoms with Crippen LogP contribution in [0.4, 0.5) is 4.79 Å². The van der Waals surface area contributed by atoms with Crippen LogP contribution in [0.25, 0.3) is 11.3 Å². The first kappa shape index (κ1) is 20.4. The van der Waals surface area contributed by atoms with Gasteiger partial charge in [0.1, 0.15) is 17.0 Å².